The maximum atomic E-state index is 15.4. The van der Waals surface area contributed by atoms with Crippen molar-refractivity contribution in [2.75, 3.05) is 13.2 Å². The molecule has 0 radical (unpaired) electrons. The molecule has 8 rings (SSSR count). The Balaban J connectivity index is 1.27. The van der Waals surface area contributed by atoms with Crippen molar-refractivity contribution >= 4 is 5.78 Å². The zero-order valence-electron chi connectivity index (χ0n) is 36.1. The van der Waals surface area contributed by atoms with Crippen LogP contribution in [-0.4, -0.2) is 97.5 Å². The summed E-state index contributed by atoms with van der Waals surface area (Å²) in [6, 6.07) is 0. The molecule has 8 aliphatic rings. The third-order valence-electron chi connectivity index (χ3n) is 17.6. The molecule has 0 aromatic carbocycles. The second-order valence-electron chi connectivity index (χ2n) is 20.9. The Labute approximate surface area is 352 Å². The van der Waals surface area contributed by atoms with E-state index in [1.807, 2.05) is 18.4 Å². The Morgan fingerprint density at radius 1 is 1.05 bits per heavy atom. The van der Waals surface area contributed by atoms with Crippen LogP contribution in [0.2, 0.25) is 0 Å². The number of aliphatic hydroxyl groups is 6. The van der Waals surface area contributed by atoms with Crippen molar-refractivity contribution in [2.45, 2.75) is 172 Å². The van der Waals surface area contributed by atoms with E-state index < -0.39 is 64.4 Å². The number of hydrogen-bond donors (Lipinski definition) is 9. The number of rotatable bonds is 13. The lowest BCUT2D eigenvalue weighted by Gasteiger charge is -2.66. The maximum absolute atomic E-state index is 15.4. The number of allylic oxidation sites excluding steroid dienone is 5. The number of unbranched alkanes of at least 4 members (excludes halogenated alkanes) is 3. The van der Waals surface area contributed by atoms with Gasteiger partial charge in [-0.15, -0.1) is 0 Å². The molecule has 5 fully saturated rings. The summed E-state index contributed by atoms with van der Waals surface area (Å²) < 4.78 is 6.43. The van der Waals surface area contributed by atoms with Crippen molar-refractivity contribution < 1.29 is 40.2 Å². The minimum atomic E-state index is -1.62. The number of nitrogens with one attached hydrogen (secondary N) is 2. The molecule has 1 saturated heterocycles. The molecular weight excluding hydrogens is 747 g/mol. The molecule has 2 aliphatic heterocycles. The lowest BCUT2D eigenvalue weighted by atomic mass is 9.39. The van der Waals surface area contributed by atoms with Gasteiger partial charge in [-0.05, 0) is 130 Å². The number of ketones is 1. The van der Waals surface area contributed by atoms with Crippen LogP contribution < -0.4 is 16.4 Å². The van der Waals surface area contributed by atoms with E-state index in [2.05, 4.69) is 36.6 Å². The normalized spacial score (nSPS) is 45.2. The highest BCUT2D eigenvalue weighted by Gasteiger charge is 2.76. The van der Waals surface area contributed by atoms with Crippen LogP contribution in [0.4, 0.5) is 0 Å². The van der Waals surface area contributed by atoms with Gasteiger partial charge in [0.1, 0.15) is 6.10 Å². The highest BCUT2D eigenvalue weighted by molar-refractivity contribution is 6.00. The van der Waals surface area contributed by atoms with Gasteiger partial charge in [-0.25, -0.2) is 0 Å². The predicted octanol–water partition coefficient (Wildman–Crippen LogP) is 4.50. The SMILES string of the molecule is CCCCCC[C@@H]1CO[C@@H]([C@@H](O)[C@](C)(O)[C@H]2CC[C@@]3(O)C4=C(NC[C@H](C)O)C(=O)[C@@H]5C[C@@H](O)[C@@H](O)C[C@@]56C[C@@H](C5=CNC(N)C=C5)C=C[C@H](C[C@]23C2CCCC2)[C@@H]46)[C@H]1C. The number of carbonyl (C=O) groups is 1. The Morgan fingerprint density at radius 2 is 1.81 bits per heavy atom. The topological polar surface area (TPSA) is 198 Å². The standard InChI is InChI=1S/C48H75N3O8/c1-5-6-7-8-11-32-26-59-43(28(32)3)44(56)45(4,57)37-18-19-48(58)40-39-30(22-47(37,48)33-12-9-10-13-33)15-14-29(31-16-17-38(49)50-25-31)21-46(39)23-36(54)35(53)20-34(46)42(55)41(40)51-24-27(2)52/h14-17,25,27-30,32-39,43-44,50-54,56-58H,5-13,18-24,26,49H2,1-4H3/t27-,28-,29-,30+,32+,34-,35+,36-,37+,38?,39-,43+,44+,45+,46-,47-,48+/m0/s1. The molecule has 330 valence electrons. The van der Waals surface area contributed by atoms with Crippen LogP contribution in [0.1, 0.15) is 124 Å². The smallest absolute Gasteiger partial charge is 0.182 e. The maximum Gasteiger partial charge on any atom is 0.182 e. The number of Topliss-reactive ketones (excluding diaryl/α,β-unsaturated/α-hetero) is 1. The van der Waals surface area contributed by atoms with E-state index in [1.165, 1.54) is 19.3 Å². The van der Waals surface area contributed by atoms with Gasteiger partial charge in [-0.1, -0.05) is 70.6 Å². The summed E-state index contributed by atoms with van der Waals surface area (Å²) in [6.07, 6.45) is 17.2. The number of aliphatic hydroxyl groups excluding tert-OH is 4. The first-order valence-corrected chi connectivity index (χ1v) is 23.5. The van der Waals surface area contributed by atoms with E-state index in [4.69, 9.17) is 10.5 Å². The van der Waals surface area contributed by atoms with Crippen molar-refractivity contribution in [3.8, 4) is 0 Å². The molecule has 17 atom stereocenters. The molecule has 0 amide bonds. The highest BCUT2D eigenvalue weighted by Crippen LogP contribution is 2.75. The molecule has 11 nitrogen and oxygen atoms in total. The van der Waals surface area contributed by atoms with E-state index in [-0.39, 0.29) is 60.9 Å². The molecule has 10 N–H and O–H groups in total. The molecule has 4 saturated carbocycles. The monoisotopic (exact) mass is 822 g/mol. The first-order valence-electron chi connectivity index (χ1n) is 23.5. The predicted molar refractivity (Wildman–Crippen MR) is 226 cm³/mol. The third-order valence-corrected chi connectivity index (χ3v) is 17.6. The van der Waals surface area contributed by atoms with E-state index in [0.29, 0.717) is 49.5 Å². The van der Waals surface area contributed by atoms with Crippen molar-refractivity contribution in [1.82, 2.24) is 10.6 Å². The van der Waals surface area contributed by atoms with Crippen LogP contribution in [-0.2, 0) is 9.53 Å². The second-order valence-corrected chi connectivity index (χ2v) is 20.9. The van der Waals surface area contributed by atoms with Crippen molar-refractivity contribution in [2.24, 2.45) is 63.9 Å². The fourth-order valence-corrected chi connectivity index (χ4v) is 14.8. The number of fused-ring (bicyclic) bond motifs is 2. The van der Waals surface area contributed by atoms with Crippen LogP contribution >= 0.6 is 0 Å². The summed E-state index contributed by atoms with van der Waals surface area (Å²) in [5, 5.41) is 80.0. The van der Waals surface area contributed by atoms with Gasteiger partial charge < -0.3 is 51.7 Å². The van der Waals surface area contributed by atoms with Crippen LogP contribution in [0.5, 0.6) is 0 Å². The summed E-state index contributed by atoms with van der Waals surface area (Å²) in [5.41, 5.74) is 3.36. The summed E-state index contributed by atoms with van der Waals surface area (Å²) in [7, 11) is 0. The van der Waals surface area contributed by atoms with Gasteiger partial charge in [0.25, 0.3) is 0 Å². The van der Waals surface area contributed by atoms with E-state index in [9.17, 15) is 30.6 Å². The first-order chi connectivity index (χ1) is 28.1. The number of carbonyl (C=O) groups excluding carboxylic acids is 1. The average molecular weight is 822 g/mol. The molecule has 0 aromatic rings. The minimum Gasteiger partial charge on any atom is -0.392 e. The number of ether oxygens (including phenoxy) is 1. The molecule has 2 heterocycles. The molecular formula is C48H75N3O8. The summed E-state index contributed by atoms with van der Waals surface area (Å²) in [6.45, 7) is 8.49. The van der Waals surface area contributed by atoms with Crippen LogP contribution in [0.15, 0.2) is 47.3 Å². The average Bonchev–Trinajstić information content (AvgIpc) is 3.92. The van der Waals surface area contributed by atoms with E-state index >= 15 is 4.79 Å². The first kappa shape index (κ1) is 43.6. The lowest BCUT2D eigenvalue weighted by Crippen LogP contribution is -2.69. The molecule has 6 aliphatic carbocycles. The highest BCUT2D eigenvalue weighted by atomic mass is 16.5. The van der Waals surface area contributed by atoms with Gasteiger partial charge in [-0.3, -0.25) is 4.79 Å². The van der Waals surface area contributed by atoms with Crippen LogP contribution in [0, 0.1) is 58.2 Å². The van der Waals surface area contributed by atoms with E-state index in [0.717, 1.165) is 44.1 Å². The largest absolute Gasteiger partial charge is 0.392 e. The quantitative estimate of drug-likeness (QED) is 0.0937. The van der Waals surface area contributed by atoms with Gasteiger partial charge in [-0.2, -0.15) is 0 Å². The molecule has 0 bridgehead atoms. The summed E-state index contributed by atoms with van der Waals surface area (Å²) in [4.78, 5) is 15.4. The van der Waals surface area contributed by atoms with Crippen molar-refractivity contribution in [3.05, 3.63) is 47.3 Å². The van der Waals surface area contributed by atoms with Gasteiger partial charge >= 0.3 is 0 Å². The summed E-state index contributed by atoms with van der Waals surface area (Å²) >= 11 is 0. The fraction of sp³-hybridized carbons (Fsp3) is 0.812. The lowest BCUT2D eigenvalue weighted by molar-refractivity contribution is -0.220. The van der Waals surface area contributed by atoms with Crippen LogP contribution in [0.3, 0.4) is 0 Å². The molecule has 59 heavy (non-hydrogen) atoms. The van der Waals surface area contributed by atoms with Gasteiger partial charge in [0.05, 0.1) is 54.1 Å². The Hall–Kier alpha value is -2.09. The number of nitrogens with two attached hydrogens (primary N) is 1. The second kappa shape index (κ2) is 16.6. The minimum absolute atomic E-state index is 0.0306. The van der Waals surface area contributed by atoms with Crippen molar-refractivity contribution in [1.29, 1.82) is 0 Å². The molecule has 1 spiro atoms. The summed E-state index contributed by atoms with van der Waals surface area (Å²) in [5.74, 6) is -1.57. The molecule has 11 heteroatoms. The van der Waals surface area contributed by atoms with Gasteiger partial charge in [0.15, 0.2) is 5.78 Å². The van der Waals surface area contributed by atoms with Crippen LogP contribution in [0.25, 0.3) is 0 Å². The Kier molecular flexibility index (Phi) is 12.2. The number of dihydropyridines is 1. The Morgan fingerprint density at radius 3 is 2.51 bits per heavy atom. The van der Waals surface area contributed by atoms with Gasteiger partial charge in [0.2, 0.25) is 0 Å². The number of hydrogen-bond acceptors (Lipinski definition) is 11. The van der Waals surface area contributed by atoms with E-state index in [1.54, 1.807) is 13.8 Å². The Bertz CT molecular complexity index is 1690. The zero-order chi connectivity index (χ0) is 42.1. The molecule has 1 unspecified atom stereocenters. The fourth-order valence-electron chi connectivity index (χ4n) is 14.8. The van der Waals surface area contributed by atoms with Crippen molar-refractivity contribution in [3.63, 3.8) is 0 Å². The van der Waals surface area contributed by atoms with Gasteiger partial charge in [0, 0.05) is 30.0 Å². The molecule has 0 aromatic heterocycles. The third kappa shape index (κ3) is 7.04. The zero-order valence-corrected chi connectivity index (χ0v) is 36.1.